The first-order chi connectivity index (χ1) is 11.5. The Balaban J connectivity index is 1.59. The molecule has 0 unspecified atom stereocenters. The van der Waals surface area contributed by atoms with E-state index < -0.39 is 10.0 Å². The first-order valence-electron chi connectivity index (χ1n) is 7.84. The van der Waals surface area contributed by atoms with Crippen LogP contribution in [0.4, 0.5) is 0 Å². The number of rotatable bonds is 3. The number of thioether (sulfide) groups is 1. The highest BCUT2D eigenvalue weighted by molar-refractivity contribution is 7.99. The van der Waals surface area contributed by atoms with Crippen molar-refractivity contribution in [2.45, 2.75) is 29.3 Å². The molecule has 3 aromatic rings. The van der Waals surface area contributed by atoms with Gasteiger partial charge in [-0.05, 0) is 37.1 Å². The number of fused-ring (bicyclic) bond motifs is 3. The van der Waals surface area contributed by atoms with Crippen molar-refractivity contribution >= 4 is 32.7 Å². The quantitative estimate of drug-likeness (QED) is 0.754. The fraction of sp³-hybridized carbons (Fsp3) is 0.222. The Morgan fingerprint density at radius 1 is 1.12 bits per heavy atom. The molecular weight excluding hydrogens is 340 g/mol. The van der Waals surface area contributed by atoms with E-state index in [4.69, 9.17) is 0 Å². The van der Waals surface area contributed by atoms with Crippen LogP contribution in [0, 0.1) is 6.92 Å². The lowest BCUT2D eigenvalue weighted by Crippen LogP contribution is -2.39. The largest absolute Gasteiger partial charge is 0.349 e. The third kappa shape index (κ3) is 2.85. The van der Waals surface area contributed by atoms with Gasteiger partial charge in [0.1, 0.15) is 0 Å². The third-order valence-electron chi connectivity index (χ3n) is 4.31. The maximum atomic E-state index is 12.6. The summed E-state index contributed by atoms with van der Waals surface area (Å²) < 4.78 is 28.1. The van der Waals surface area contributed by atoms with Crippen molar-refractivity contribution in [1.29, 1.82) is 0 Å². The summed E-state index contributed by atoms with van der Waals surface area (Å²) in [6, 6.07) is 15.0. The minimum atomic E-state index is -3.49. The van der Waals surface area contributed by atoms with Gasteiger partial charge in [-0.15, -0.1) is 11.8 Å². The lowest BCUT2D eigenvalue weighted by atomic mass is 10.1. The lowest BCUT2D eigenvalue weighted by Gasteiger charge is -2.23. The van der Waals surface area contributed by atoms with Crippen LogP contribution in [0.25, 0.3) is 10.9 Å². The molecular formula is C18H18N2O2S2. The number of nitrogens with one attached hydrogen (secondary N) is 2. The molecule has 0 bridgehead atoms. The van der Waals surface area contributed by atoms with Crippen molar-refractivity contribution in [2.24, 2.45) is 0 Å². The average molecular weight is 358 g/mol. The minimum Gasteiger partial charge on any atom is -0.349 e. The molecule has 4 rings (SSSR count). The van der Waals surface area contributed by atoms with Gasteiger partial charge in [-0.3, -0.25) is 0 Å². The zero-order chi connectivity index (χ0) is 16.7. The fourth-order valence-corrected chi connectivity index (χ4v) is 5.53. The summed E-state index contributed by atoms with van der Waals surface area (Å²) in [5.41, 5.74) is 3.36. The number of para-hydroxylation sites is 1. The van der Waals surface area contributed by atoms with Gasteiger partial charge in [0.25, 0.3) is 0 Å². The third-order valence-corrected chi connectivity index (χ3v) is 7.05. The molecule has 2 N–H and O–H groups in total. The summed E-state index contributed by atoms with van der Waals surface area (Å²) in [5.74, 6) is 0.727. The number of aromatic amines is 1. The molecule has 2 aromatic carbocycles. The molecule has 1 aliphatic rings. The van der Waals surface area contributed by atoms with Gasteiger partial charge in [0.15, 0.2) is 0 Å². The zero-order valence-corrected chi connectivity index (χ0v) is 14.9. The van der Waals surface area contributed by atoms with E-state index in [1.54, 1.807) is 23.9 Å². The lowest BCUT2D eigenvalue weighted by molar-refractivity contribution is 0.559. The second-order valence-corrected chi connectivity index (χ2v) is 8.87. The Morgan fingerprint density at radius 2 is 1.88 bits per heavy atom. The van der Waals surface area contributed by atoms with Crippen LogP contribution >= 0.6 is 11.8 Å². The van der Waals surface area contributed by atoms with Crippen LogP contribution in [0.2, 0.25) is 0 Å². The van der Waals surface area contributed by atoms with Crippen molar-refractivity contribution < 1.29 is 8.42 Å². The smallest absolute Gasteiger partial charge is 0.240 e. The molecule has 0 aliphatic carbocycles. The molecule has 0 spiro atoms. The first kappa shape index (κ1) is 15.7. The molecule has 1 aliphatic heterocycles. The normalized spacial score (nSPS) is 17.8. The standard InChI is InChI=1S/C18H18N2O2S2/c1-12-6-8-14(9-7-12)24(21,22)20-13-10-16-15-4-2-3-5-17(15)19-18(16)23-11-13/h2-9,13,19-20H,10-11H2,1H3/t13-/m0/s1. The van der Waals surface area contributed by atoms with Crippen LogP contribution in [0.1, 0.15) is 11.1 Å². The zero-order valence-electron chi connectivity index (χ0n) is 13.2. The Morgan fingerprint density at radius 3 is 2.67 bits per heavy atom. The van der Waals surface area contributed by atoms with Crippen LogP contribution < -0.4 is 4.72 Å². The monoisotopic (exact) mass is 358 g/mol. The van der Waals surface area contributed by atoms with E-state index in [0.717, 1.165) is 21.9 Å². The Bertz CT molecular complexity index is 992. The van der Waals surface area contributed by atoms with Crippen molar-refractivity contribution in [3.63, 3.8) is 0 Å². The molecule has 24 heavy (non-hydrogen) atoms. The fourth-order valence-electron chi connectivity index (χ4n) is 3.07. The predicted molar refractivity (Wildman–Crippen MR) is 98.0 cm³/mol. The highest BCUT2D eigenvalue weighted by atomic mass is 32.2. The molecule has 0 saturated heterocycles. The molecule has 0 saturated carbocycles. The summed E-state index contributed by atoms with van der Waals surface area (Å²) in [5, 5.41) is 2.33. The molecule has 1 aromatic heterocycles. The number of aromatic nitrogens is 1. The van der Waals surface area contributed by atoms with Gasteiger partial charge in [0.2, 0.25) is 10.0 Å². The van der Waals surface area contributed by atoms with E-state index >= 15 is 0 Å². The van der Waals surface area contributed by atoms with Gasteiger partial charge in [0.05, 0.1) is 9.92 Å². The summed E-state index contributed by atoms with van der Waals surface area (Å²) in [6.45, 7) is 1.94. The van der Waals surface area contributed by atoms with Crippen LogP contribution in [-0.4, -0.2) is 25.2 Å². The number of H-pyrrole nitrogens is 1. The molecule has 2 heterocycles. The van der Waals surface area contributed by atoms with E-state index in [1.165, 1.54) is 10.9 Å². The molecule has 0 amide bonds. The maximum absolute atomic E-state index is 12.6. The first-order valence-corrected chi connectivity index (χ1v) is 10.3. The maximum Gasteiger partial charge on any atom is 0.240 e. The number of hydrogen-bond donors (Lipinski definition) is 2. The van der Waals surface area contributed by atoms with Crippen molar-refractivity contribution in [2.75, 3.05) is 5.75 Å². The van der Waals surface area contributed by atoms with Crippen LogP contribution in [0.3, 0.4) is 0 Å². The minimum absolute atomic E-state index is 0.104. The summed E-state index contributed by atoms with van der Waals surface area (Å²) in [7, 11) is -3.49. The van der Waals surface area contributed by atoms with E-state index in [0.29, 0.717) is 11.3 Å². The molecule has 0 radical (unpaired) electrons. The van der Waals surface area contributed by atoms with Gasteiger partial charge in [-0.2, -0.15) is 0 Å². The molecule has 6 heteroatoms. The molecule has 0 fully saturated rings. The van der Waals surface area contributed by atoms with Crippen molar-refractivity contribution in [3.05, 3.63) is 59.7 Å². The van der Waals surface area contributed by atoms with E-state index in [-0.39, 0.29) is 6.04 Å². The number of benzene rings is 2. The Kier molecular flexibility index (Phi) is 3.90. The Labute approximate surface area is 145 Å². The van der Waals surface area contributed by atoms with Crippen LogP contribution in [0.5, 0.6) is 0 Å². The van der Waals surface area contributed by atoms with E-state index in [1.807, 2.05) is 31.2 Å². The van der Waals surface area contributed by atoms with Gasteiger partial charge in [-0.1, -0.05) is 35.9 Å². The second kappa shape index (κ2) is 5.95. The summed E-state index contributed by atoms with van der Waals surface area (Å²) in [4.78, 5) is 3.75. The SMILES string of the molecule is Cc1ccc(S(=O)(=O)N[C@@H]2CSc3[nH]c4ccccc4c3C2)cc1. The van der Waals surface area contributed by atoms with Gasteiger partial charge in [-0.25, -0.2) is 13.1 Å². The van der Waals surface area contributed by atoms with Gasteiger partial charge in [0, 0.05) is 22.7 Å². The van der Waals surface area contributed by atoms with Crippen LogP contribution in [-0.2, 0) is 16.4 Å². The highest BCUT2D eigenvalue weighted by Crippen LogP contribution is 2.35. The number of sulfonamides is 1. The van der Waals surface area contributed by atoms with E-state index in [9.17, 15) is 8.42 Å². The molecule has 4 nitrogen and oxygen atoms in total. The average Bonchev–Trinajstić information content (AvgIpc) is 2.93. The number of aryl methyl sites for hydroxylation is 1. The second-order valence-electron chi connectivity index (χ2n) is 6.12. The predicted octanol–water partition coefficient (Wildman–Crippen LogP) is 3.47. The number of hydrogen-bond acceptors (Lipinski definition) is 3. The molecule has 124 valence electrons. The highest BCUT2D eigenvalue weighted by Gasteiger charge is 2.27. The Hall–Kier alpha value is -1.76. The topological polar surface area (TPSA) is 62.0 Å². The molecule has 1 atom stereocenters. The summed E-state index contributed by atoms with van der Waals surface area (Å²) in [6.07, 6.45) is 0.706. The van der Waals surface area contributed by atoms with Crippen molar-refractivity contribution in [1.82, 2.24) is 9.71 Å². The van der Waals surface area contributed by atoms with Crippen LogP contribution in [0.15, 0.2) is 58.5 Å². The van der Waals surface area contributed by atoms with Crippen molar-refractivity contribution in [3.8, 4) is 0 Å². The van der Waals surface area contributed by atoms with Gasteiger partial charge < -0.3 is 4.98 Å². The van der Waals surface area contributed by atoms with Gasteiger partial charge >= 0.3 is 0 Å². The van der Waals surface area contributed by atoms with E-state index in [2.05, 4.69) is 21.8 Å². The summed E-state index contributed by atoms with van der Waals surface area (Å²) >= 11 is 1.68.